The van der Waals surface area contributed by atoms with Gasteiger partial charge in [0.1, 0.15) is 5.82 Å². The van der Waals surface area contributed by atoms with Crippen molar-refractivity contribution in [3.63, 3.8) is 0 Å². The highest BCUT2D eigenvalue weighted by Gasteiger charge is 2.43. The number of carbonyl (C=O) groups is 1. The van der Waals surface area contributed by atoms with Crippen LogP contribution in [-0.4, -0.2) is 42.4 Å². The molecule has 1 heterocycles. The maximum Gasteiger partial charge on any atom is 0.407 e. The van der Waals surface area contributed by atoms with Crippen molar-refractivity contribution in [2.75, 3.05) is 6.54 Å². The Labute approximate surface area is 136 Å². The molecule has 5 nitrogen and oxygen atoms in total. The van der Waals surface area contributed by atoms with E-state index in [1.807, 2.05) is 20.8 Å². The number of rotatable bonds is 2. The van der Waals surface area contributed by atoms with Crippen molar-refractivity contribution in [1.82, 2.24) is 4.90 Å². The van der Waals surface area contributed by atoms with Gasteiger partial charge in [-0.1, -0.05) is 26.8 Å². The second-order valence-corrected chi connectivity index (χ2v) is 9.23. The van der Waals surface area contributed by atoms with Crippen LogP contribution >= 0.6 is 0 Å². The molecular weight excluding hydrogens is 321 g/mol. The fourth-order valence-corrected chi connectivity index (χ4v) is 4.88. The summed E-state index contributed by atoms with van der Waals surface area (Å²) in [5.74, 6) is -0.596. The Kier molecular flexibility index (Phi) is 4.71. The highest BCUT2D eigenvalue weighted by atomic mass is 32.2. The van der Waals surface area contributed by atoms with Gasteiger partial charge in [0.15, 0.2) is 9.84 Å². The fraction of sp³-hybridized carbons (Fsp3) is 0.562. The van der Waals surface area contributed by atoms with Crippen LogP contribution in [0.1, 0.15) is 33.6 Å². The minimum Gasteiger partial charge on any atom is -0.465 e. The van der Waals surface area contributed by atoms with Gasteiger partial charge in [0.2, 0.25) is 0 Å². The number of sulfone groups is 1. The Morgan fingerprint density at radius 3 is 2.52 bits per heavy atom. The SMILES string of the molecule is CC(C)(C)C1CC(S(=O)(=O)c2cccc(F)c2)CCN1C(=O)O. The van der Waals surface area contributed by atoms with Crippen LogP contribution in [0.15, 0.2) is 29.2 Å². The van der Waals surface area contributed by atoms with Crippen molar-refractivity contribution in [3.8, 4) is 0 Å². The molecule has 1 fully saturated rings. The number of amides is 1. The molecule has 0 aliphatic carbocycles. The van der Waals surface area contributed by atoms with E-state index >= 15 is 0 Å². The summed E-state index contributed by atoms with van der Waals surface area (Å²) in [6.07, 6.45) is -0.599. The quantitative estimate of drug-likeness (QED) is 0.895. The molecule has 2 atom stereocenters. The van der Waals surface area contributed by atoms with E-state index in [-0.39, 0.29) is 29.7 Å². The van der Waals surface area contributed by atoms with Crippen LogP contribution in [0.4, 0.5) is 9.18 Å². The molecule has 1 aromatic rings. The Morgan fingerprint density at radius 2 is 2.00 bits per heavy atom. The van der Waals surface area contributed by atoms with Crippen LogP contribution in [0.5, 0.6) is 0 Å². The molecule has 0 bridgehead atoms. The summed E-state index contributed by atoms with van der Waals surface area (Å²) < 4.78 is 38.9. The van der Waals surface area contributed by atoms with E-state index < -0.39 is 33.0 Å². The van der Waals surface area contributed by atoms with Gasteiger partial charge in [-0.3, -0.25) is 0 Å². The lowest BCUT2D eigenvalue weighted by molar-refractivity contribution is 0.0604. The zero-order valence-corrected chi connectivity index (χ0v) is 14.3. The molecule has 1 aromatic carbocycles. The van der Waals surface area contributed by atoms with E-state index in [9.17, 15) is 22.7 Å². The summed E-state index contributed by atoms with van der Waals surface area (Å²) in [4.78, 5) is 12.7. The summed E-state index contributed by atoms with van der Waals surface area (Å²) in [5, 5.41) is 8.64. The molecule has 1 aliphatic heterocycles. The first-order valence-electron chi connectivity index (χ1n) is 7.52. The lowest BCUT2D eigenvalue weighted by atomic mass is 9.80. The zero-order valence-electron chi connectivity index (χ0n) is 13.5. The van der Waals surface area contributed by atoms with E-state index in [1.54, 1.807) is 0 Å². The van der Waals surface area contributed by atoms with Gasteiger partial charge in [-0.15, -0.1) is 0 Å². The number of hydrogen-bond donors (Lipinski definition) is 1. The fourth-order valence-electron chi connectivity index (χ4n) is 3.10. The van der Waals surface area contributed by atoms with E-state index in [0.717, 1.165) is 6.07 Å². The van der Waals surface area contributed by atoms with Gasteiger partial charge < -0.3 is 10.0 Å². The third kappa shape index (κ3) is 3.65. The highest BCUT2D eigenvalue weighted by molar-refractivity contribution is 7.92. The molecule has 0 aromatic heterocycles. The number of benzene rings is 1. The summed E-state index contributed by atoms with van der Waals surface area (Å²) >= 11 is 0. The maximum absolute atomic E-state index is 13.3. The second-order valence-electron chi connectivity index (χ2n) is 7.01. The van der Waals surface area contributed by atoms with Gasteiger partial charge >= 0.3 is 6.09 Å². The first-order valence-corrected chi connectivity index (χ1v) is 9.07. The van der Waals surface area contributed by atoms with Crippen molar-refractivity contribution < 1.29 is 22.7 Å². The van der Waals surface area contributed by atoms with E-state index in [0.29, 0.717) is 0 Å². The van der Waals surface area contributed by atoms with E-state index in [2.05, 4.69) is 0 Å². The van der Waals surface area contributed by atoms with Crippen LogP contribution < -0.4 is 0 Å². The van der Waals surface area contributed by atoms with Crippen molar-refractivity contribution in [1.29, 1.82) is 0 Å². The molecule has 2 unspecified atom stereocenters. The van der Waals surface area contributed by atoms with Crippen molar-refractivity contribution >= 4 is 15.9 Å². The highest BCUT2D eigenvalue weighted by Crippen LogP contribution is 2.36. The zero-order chi connectivity index (χ0) is 17.4. The Hall–Kier alpha value is -1.63. The third-order valence-electron chi connectivity index (χ3n) is 4.36. The standard InChI is InChI=1S/C16H22FNO4S/c1-16(2,3)14-10-13(7-8-18(14)15(19)20)23(21,22)12-6-4-5-11(17)9-12/h4-6,9,13-14H,7-8,10H2,1-3H3,(H,19,20). The number of likely N-dealkylation sites (tertiary alicyclic amines) is 1. The van der Waals surface area contributed by atoms with Gasteiger partial charge in [0.25, 0.3) is 0 Å². The summed E-state index contributed by atoms with van der Waals surface area (Å²) in [6.45, 7) is 5.84. The Balaban J connectivity index is 2.33. The average molecular weight is 343 g/mol. The Morgan fingerprint density at radius 1 is 1.35 bits per heavy atom. The minimum atomic E-state index is -3.69. The predicted octanol–water partition coefficient (Wildman–Crippen LogP) is 3.16. The largest absolute Gasteiger partial charge is 0.465 e. The molecular formula is C16H22FNO4S. The van der Waals surface area contributed by atoms with Crippen LogP contribution in [0, 0.1) is 11.2 Å². The van der Waals surface area contributed by atoms with Crippen molar-refractivity contribution in [2.45, 2.75) is 49.8 Å². The minimum absolute atomic E-state index is 0.0427. The van der Waals surface area contributed by atoms with Crippen LogP contribution in [-0.2, 0) is 9.84 Å². The molecule has 128 valence electrons. The predicted molar refractivity (Wildman–Crippen MR) is 84.6 cm³/mol. The first-order chi connectivity index (χ1) is 10.5. The molecule has 1 amide bonds. The summed E-state index contributed by atoms with van der Waals surface area (Å²) in [6, 6.07) is 4.57. The molecule has 0 saturated carbocycles. The average Bonchev–Trinajstić information content (AvgIpc) is 2.45. The molecule has 1 N–H and O–H groups in total. The monoisotopic (exact) mass is 343 g/mol. The lowest BCUT2D eigenvalue weighted by Crippen LogP contribution is -2.54. The summed E-state index contributed by atoms with van der Waals surface area (Å²) in [5.41, 5.74) is -0.380. The number of piperidine rings is 1. The molecule has 0 radical (unpaired) electrons. The molecule has 0 spiro atoms. The number of carboxylic acid groups (broad SMARTS) is 1. The number of halogens is 1. The molecule has 23 heavy (non-hydrogen) atoms. The smallest absolute Gasteiger partial charge is 0.407 e. The molecule has 2 rings (SSSR count). The maximum atomic E-state index is 13.3. The van der Waals surface area contributed by atoms with Crippen molar-refractivity contribution in [3.05, 3.63) is 30.1 Å². The van der Waals surface area contributed by atoms with Crippen LogP contribution in [0.25, 0.3) is 0 Å². The number of nitrogens with zero attached hydrogens (tertiary/aromatic N) is 1. The second kappa shape index (κ2) is 6.11. The third-order valence-corrected chi connectivity index (χ3v) is 6.58. The first kappa shape index (κ1) is 17.7. The van der Waals surface area contributed by atoms with E-state index in [1.165, 1.54) is 23.1 Å². The van der Waals surface area contributed by atoms with Gasteiger partial charge in [-0.05, 0) is 36.5 Å². The number of hydrogen-bond acceptors (Lipinski definition) is 3. The Bertz CT molecular complexity index is 696. The van der Waals surface area contributed by atoms with Gasteiger partial charge in [0.05, 0.1) is 10.1 Å². The van der Waals surface area contributed by atoms with Crippen molar-refractivity contribution in [2.24, 2.45) is 5.41 Å². The normalized spacial score (nSPS) is 22.9. The summed E-state index contributed by atoms with van der Waals surface area (Å²) in [7, 11) is -3.69. The van der Waals surface area contributed by atoms with Crippen LogP contribution in [0.2, 0.25) is 0 Å². The molecule has 7 heteroatoms. The molecule has 1 aliphatic rings. The van der Waals surface area contributed by atoms with Crippen LogP contribution in [0.3, 0.4) is 0 Å². The van der Waals surface area contributed by atoms with E-state index in [4.69, 9.17) is 0 Å². The van der Waals surface area contributed by atoms with Gasteiger partial charge in [0, 0.05) is 12.6 Å². The molecule has 1 saturated heterocycles. The lowest BCUT2D eigenvalue weighted by Gasteiger charge is -2.44. The van der Waals surface area contributed by atoms with Gasteiger partial charge in [-0.2, -0.15) is 0 Å². The van der Waals surface area contributed by atoms with Gasteiger partial charge in [-0.25, -0.2) is 17.6 Å². The topological polar surface area (TPSA) is 74.7 Å².